The summed E-state index contributed by atoms with van der Waals surface area (Å²) in [5.74, 6) is 1.25. The van der Waals surface area contributed by atoms with Crippen LogP contribution < -0.4 is 0 Å². The van der Waals surface area contributed by atoms with E-state index in [2.05, 4.69) is 0 Å². The molecule has 50 valence electrons. The molecule has 9 heavy (non-hydrogen) atoms. The molecule has 0 aliphatic carbocycles. The Kier molecular flexibility index (Phi) is 2.10. The third-order valence-corrected chi connectivity index (χ3v) is 2.13. The van der Waals surface area contributed by atoms with Gasteiger partial charge in [0, 0.05) is 12.3 Å². The maximum Gasteiger partial charge on any atom is 0.287 e. The molecule has 1 aliphatic heterocycles. The quantitative estimate of drug-likeness (QED) is 0.376. The lowest BCUT2D eigenvalue weighted by Gasteiger charge is -2.07. The van der Waals surface area contributed by atoms with Gasteiger partial charge in [0.15, 0.2) is 0 Å². The van der Waals surface area contributed by atoms with Crippen LogP contribution in [0.25, 0.3) is 0 Å². The van der Waals surface area contributed by atoms with Gasteiger partial charge in [-0.25, -0.2) is 0 Å². The number of hydrogen-bond donors (Lipinski definition) is 0. The Morgan fingerprint density at radius 1 is 1.67 bits per heavy atom. The molecule has 1 fully saturated rings. The largest absolute Gasteiger partial charge is 0.326 e. The summed E-state index contributed by atoms with van der Waals surface area (Å²) in [6, 6.07) is 0. The normalized spacial score (nSPS) is 18.0. The van der Waals surface area contributed by atoms with Gasteiger partial charge in [-0.1, -0.05) is 0 Å². The van der Waals surface area contributed by atoms with E-state index in [0.717, 1.165) is 12.3 Å². The fraction of sp³-hybridized carbons (Fsp3) is 0.600. The number of hydrogen-bond acceptors (Lipinski definition) is 3. The molecule has 1 amide bonds. The standard InChI is InChI=1S/C5H7NO2S/c7-3-5(8)6-1-2-9-4-6/h3H,1-2,4H2. The summed E-state index contributed by atoms with van der Waals surface area (Å²) in [6.07, 6.45) is 0.367. The fourth-order valence-corrected chi connectivity index (χ4v) is 1.62. The minimum atomic E-state index is -0.389. The molecular formula is C5H7NO2S. The maximum absolute atomic E-state index is 10.6. The van der Waals surface area contributed by atoms with E-state index in [1.54, 1.807) is 11.8 Å². The van der Waals surface area contributed by atoms with Crippen molar-refractivity contribution in [3.05, 3.63) is 0 Å². The zero-order chi connectivity index (χ0) is 6.69. The minimum absolute atomic E-state index is 0.367. The number of aldehydes is 1. The topological polar surface area (TPSA) is 37.4 Å². The van der Waals surface area contributed by atoms with Crippen LogP contribution in [0.2, 0.25) is 0 Å². The zero-order valence-electron chi connectivity index (χ0n) is 4.87. The van der Waals surface area contributed by atoms with Gasteiger partial charge < -0.3 is 4.90 Å². The second-order valence-corrected chi connectivity index (χ2v) is 2.83. The van der Waals surface area contributed by atoms with Crippen LogP contribution in [0.3, 0.4) is 0 Å². The number of nitrogens with zero attached hydrogens (tertiary/aromatic N) is 1. The first-order valence-corrected chi connectivity index (χ1v) is 3.82. The first-order chi connectivity index (χ1) is 4.34. The van der Waals surface area contributed by atoms with Gasteiger partial charge in [0.05, 0.1) is 5.88 Å². The van der Waals surface area contributed by atoms with Gasteiger partial charge >= 0.3 is 0 Å². The molecule has 0 bridgehead atoms. The second kappa shape index (κ2) is 2.87. The summed E-state index contributed by atoms with van der Waals surface area (Å²) in [6.45, 7) is 0.724. The number of rotatable bonds is 1. The Morgan fingerprint density at radius 3 is 2.89 bits per heavy atom. The van der Waals surface area contributed by atoms with E-state index >= 15 is 0 Å². The van der Waals surface area contributed by atoms with Crippen molar-refractivity contribution in [1.29, 1.82) is 0 Å². The molecule has 0 aromatic heterocycles. The third-order valence-electron chi connectivity index (χ3n) is 1.17. The van der Waals surface area contributed by atoms with E-state index < -0.39 is 0 Å². The average Bonchev–Trinajstić information content (AvgIpc) is 2.37. The van der Waals surface area contributed by atoms with Crippen LogP contribution in [0.1, 0.15) is 0 Å². The molecule has 1 heterocycles. The van der Waals surface area contributed by atoms with Crippen LogP contribution >= 0.6 is 11.8 Å². The van der Waals surface area contributed by atoms with E-state index in [9.17, 15) is 9.59 Å². The molecule has 4 heteroatoms. The van der Waals surface area contributed by atoms with Crippen molar-refractivity contribution in [3.8, 4) is 0 Å². The van der Waals surface area contributed by atoms with Crippen LogP contribution in [0.5, 0.6) is 0 Å². The van der Waals surface area contributed by atoms with Gasteiger partial charge in [0.1, 0.15) is 0 Å². The Bertz CT molecular complexity index is 131. The summed E-state index contributed by atoms with van der Waals surface area (Å²) in [5.41, 5.74) is 0. The van der Waals surface area contributed by atoms with Crippen molar-refractivity contribution in [2.75, 3.05) is 18.2 Å². The molecule has 0 spiro atoms. The first-order valence-electron chi connectivity index (χ1n) is 2.66. The van der Waals surface area contributed by atoms with Crippen molar-refractivity contribution in [1.82, 2.24) is 4.90 Å². The summed E-state index contributed by atoms with van der Waals surface area (Å²) >= 11 is 1.67. The van der Waals surface area contributed by atoms with E-state index in [4.69, 9.17) is 0 Å². The van der Waals surface area contributed by atoms with Gasteiger partial charge in [-0.2, -0.15) is 0 Å². The minimum Gasteiger partial charge on any atom is -0.326 e. The molecule has 1 rings (SSSR count). The molecule has 3 nitrogen and oxygen atoms in total. The van der Waals surface area contributed by atoms with Crippen molar-refractivity contribution < 1.29 is 9.59 Å². The van der Waals surface area contributed by atoms with E-state index in [0.29, 0.717) is 12.2 Å². The fourth-order valence-electron chi connectivity index (χ4n) is 0.662. The molecule has 0 aromatic rings. The van der Waals surface area contributed by atoms with Gasteiger partial charge in [-0.05, 0) is 0 Å². The first kappa shape index (κ1) is 6.61. The Morgan fingerprint density at radius 2 is 2.44 bits per heavy atom. The lowest BCUT2D eigenvalue weighted by atomic mass is 10.5. The molecule has 0 radical (unpaired) electrons. The Labute approximate surface area is 57.4 Å². The summed E-state index contributed by atoms with van der Waals surface area (Å²) in [5, 5.41) is 0. The molecule has 0 aromatic carbocycles. The molecule has 0 saturated carbocycles. The van der Waals surface area contributed by atoms with E-state index in [-0.39, 0.29) is 5.91 Å². The second-order valence-electron chi connectivity index (χ2n) is 1.76. The molecule has 0 N–H and O–H groups in total. The van der Waals surface area contributed by atoms with Crippen molar-refractivity contribution in [2.45, 2.75) is 0 Å². The monoisotopic (exact) mass is 145 g/mol. The lowest BCUT2D eigenvalue weighted by molar-refractivity contribution is -0.137. The number of amides is 1. The van der Waals surface area contributed by atoms with Crippen molar-refractivity contribution in [2.24, 2.45) is 0 Å². The van der Waals surface area contributed by atoms with Crippen LogP contribution in [-0.4, -0.2) is 35.3 Å². The highest BCUT2D eigenvalue weighted by Gasteiger charge is 2.16. The number of carbonyl (C=O) groups excluding carboxylic acids is 2. The predicted octanol–water partition coefficient (Wildman–Crippen LogP) is -0.282. The van der Waals surface area contributed by atoms with Crippen molar-refractivity contribution in [3.63, 3.8) is 0 Å². The van der Waals surface area contributed by atoms with E-state index in [1.165, 1.54) is 4.90 Å². The Hall–Kier alpha value is -0.510. The summed E-state index contributed by atoms with van der Waals surface area (Å²) in [7, 11) is 0. The van der Waals surface area contributed by atoms with Gasteiger partial charge in [-0.15, -0.1) is 11.8 Å². The highest BCUT2D eigenvalue weighted by Crippen LogP contribution is 2.11. The van der Waals surface area contributed by atoms with Crippen LogP contribution in [0.15, 0.2) is 0 Å². The number of carbonyl (C=O) groups is 2. The molecule has 1 saturated heterocycles. The Balaban J connectivity index is 2.41. The van der Waals surface area contributed by atoms with Crippen molar-refractivity contribution >= 4 is 24.0 Å². The highest BCUT2D eigenvalue weighted by atomic mass is 32.2. The SMILES string of the molecule is O=CC(=O)N1CCSC1. The van der Waals surface area contributed by atoms with Crippen LogP contribution in [0, 0.1) is 0 Å². The highest BCUT2D eigenvalue weighted by molar-refractivity contribution is 7.99. The zero-order valence-corrected chi connectivity index (χ0v) is 5.69. The maximum atomic E-state index is 10.6. The van der Waals surface area contributed by atoms with Crippen LogP contribution in [0.4, 0.5) is 0 Å². The smallest absolute Gasteiger partial charge is 0.287 e. The lowest BCUT2D eigenvalue weighted by Crippen LogP contribution is -2.28. The molecule has 1 aliphatic rings. The summed E-state index contributed by atoms with van der Waals surface area (Å²) in [4.78, 5) is 22.0. The third kappa shape index (κ3) is 1.45. The predicted molar refractivity (Wildman–Crippen MR) is 35.1 cm³/mol. The summed E-state index contributed by atoms with van der Waals surface area (Å²) < 4.78 is 0. The van der Waals surface area contributed by atoms with Gasteiger partial charge in [0.2, 0.25) is 6.29 Å². The number of thioether (sulfide) groups is 1. The van der Waals surface area contributed by atoms with Gasteiger partial charge in [0.25, 0.3) is 5.91 Å². The average molecular weight is 145 g/mol. The molecule has 0 atom stereocenters. The van der Waals surface area contributed by atoms with E-state index in [1.807, 2.05) is 0 Å². The van der Waals surface area contributed by atoms with Crippen LogP contribution in [-0.2, 0) is 9.59 Å². The molecule has 0 unspecified atom stereocenters. The molecular weight excluding hydrogens is 138 g/mol. The van der Waals surface area contributed by atoms with Gasteiger partial charge in [-0.3, -0.25) is 9.59 Å².